The van der Waals surface area contributed by atoms with Crippen LogP contribution >= 0.6 is 11.8 Å². The quantitative estimate of drug-likeness (QED) is 0.0605. The van der Waals surface area contributed by atoms with Crippen molar-refractivity contribution in [1.82, 2.24) is 53.9 Å². The second-order valence-electron chi connectivity index (χ2n) is 43.7. The van der Waals surface area contributed by atoms with E-state index in [4.69, 9.17) is 24.1 Å². The molecule has 0 aromatic rings. The van der Waals surface area contributed by atoms with Gasteiger partial charge in [0, 0.05) is 176 Å². The third-order valence-electron chi connectivity index (χ3n) is 27.1. The number of ether oxygens (including phenoxy) is 4. The van der Waals surface area contributed by atoms with Gasteiger partial charge in [0.05, 0.1) is 55.3 Å². The van der Waals surface area contributed by atoms with Gasteiger partial charge in [0.2, 0.25) is 5.91 Å². The molecule has 0 spiro atoms. The van der Waals surface area contributed by atoms with Crippen molar-refractivity contribution in [1.29, 1.82) is 0 Å². The van der Waals surface area contributed by atoms with Crippen molar-refractivity contribution in [2.45, 2.75) is 431 Å². The maximum Gasteiger partial charge on any atom is 0.329 e. The van der Waals surface area contributed by atoms with E-state index in [1.807, 2.05) is 13.8 Å². The molecule has 1 N–H and O–H groups in total. The molecule has 0 bridgehead atoms. The average Bonchev–Trinajstić information content (AvgIpc) is 1.63. The van der Waals surface area contributed by atoms with Crippen LogP contribution in [0.2, 0.25) is 0 Å². The summed E-state index contributed by atoms with van der Waals surface area (Å²) in [6.07, 6.45) is 13.7. The first-order chi connectivity index (χ1) is 57.8. The number of hydrogen-bond donors (Lipinski definition) is 1. The standard InChI is InChI=1S/C14H28N2O2.2C13H28N2.C12H24FNO2S.C12H24FNO.C12H24FNS.C12H23NO3.C12H23NO/c1-10(2)13-7-12(8-16(13)11(3)4)18-9-14(17)15(5)6;1-10(2)13-7-12(8-14(5)6)9-15(13)11(3)4;1-10(2)13-8-7-12(9-14(5)6)15(13)11(3)4;1-8(2)11-6-10(13)12(7-17(5,15)16)14(11)9(3)4;2*1-8(2)11-6-10(13)12(7-15-5)14(11)9(3)4;1-8(2)11-5-10(16-7-12(14)15)6-13(11)9(3)4;1-9(2)12-7-6-11(8-14-5)13(12)10(3)4/h10-13H,7-9H2,1-6H3;2*10-13H,7-9H2,1-6H3;8-12H,6-7H2,1-5H3;2*8-12H,6-7H2,1-5H3;8-11H,5-7H2,1-4H3,(H,14,15);6-7,9-12H,8H2,1-5H3. The first kappa shape index (κ1) is 121. The number of likely N-dealkylation sites (N-methyl/N-ethyl adjacent to an activating group) is 2. The molecule has 0 radical (unpaired) electrons. The van der Waals surface area contributed by atoms with Crippen molar-refractivity contribution in [2.75, 3.05) is 140 Å². The van der Waals surface area contributed by atoms with Gasteiger partial charge in [0.15, 0.2) is 0 Å². The van der Waals surface area contributed by atoms with Crippen LogP contribution in [0, 0.1) is 53.3 Å². The normalized spacial score (nSPS) is 29.4. The Hall–Kier alpha value is -1.79. The van der Waals surface area contributed by atoms with Gasteiger partial charge in [-0.3, -0.25) is 44.0 Å². The number of carboxylic acid groups (broad SMARTS) is 1. The van der Waals surface area contributed by atoms with Gasteiger partial charge in [-0.15, -0.1) is 0 Å². The summed E-state index contributed by atoms with van der Waals surface area (Å²) in [5, 5.41) is 8.59. The summed E-state index contributed by atoms with van der Waals surface area (Å²) < 4.78 is 86.1. The van der Waals surface area contributed by atoms with Gasteiger partial charge in [0.1, 0.15) is 41.6 Å². The number of nitrogens with zero attached hydrogens (tertiary/aromatic N) is 11. The molecule has 0 saturated carbocycles. The Labute approximate surface area is 773 Å². The van der Waals surface area contributed by atoms with Gasteiger partial charge in [-0.1, -0.05) is 123 Å². The number of alkyl halides is 3. The number of aliphatic carboxylic acids is 1. The molecule has 0 aromatic carbocycles. The lowest BCUT2D eigenvalue weighted by Crippen LogP contribution is -2.47. The number of likely N-dealkylation sites (tertiary alicyclic amines) is 7. The molecule has 19 unspecified atom stereocenters. The van der Waals surface area contributed by atoms with Crippen molar-refractivity contribution in [3.8, 4) is 0 Å². The second-order valence-corrected chi connectivity index (χ2v) is 46.8. The fraction of sp³-hybridized carbons (Fsp3) is 0.960. The third-order valence-corrected chi connectivity index (χ3v) is 28.7. The summed E-state index contributed by atoms with van der Waals surface area (Å²) in [6, 6.07) is 9.06. The topological polar surface area (TPSA) is 161 Å². The van der Waals surface area contributed by atoms with Crippen LogP contribution < -0.4 is 0 Å². The van der Waals surface area contributed by atoms with Crippen molar-refractivity contribution in [2.24, 2.45) is 53.3 Å². The van der Waals surface area contributed by atoms with Crippen LogP contribution in [0.1, 0.15) is 273 Å². The Morgan fingerprint density at radius 2 is 0.784 bits per heavy atom. The summed E-state index contributed by atoms with van der Waals surface area (Å²) in [6.45, 7) is 77.9. The van der Waals surface area contributed by atoms with Crippen molar-refractivity contribution in [3.05, 3.63) is 12.2 Å². The third kappa shape index (κ3) is 40.7. The number of methoxy groups -OCH3 is 2. The molecule has 744 valence electrons. The van der Waals surface area contributed by atoms with Gasteiger partial charge < -0.3 is 38.8 Å². The zero-order valence-corrected chi connectivity index (χ0v) is 90.0. The van der Waals surface area contributed by atoms with Crippen LogP contribution in [0.4, 0.5) is 13.2 Å². The lowest BCUT2D eigenvalue weighted by molar-refractivity contribution is -0.144. The smallest absolute Gasteiger partial charge is 0.329 e. The summed E-state index contributed by atoms with van der Waals surface area (Å²) in [7, 11) is 12.5. The van der Waals surface area contributed by atoms with Crippen LogP contribution in [0.25, 0.3) is 0 Å². The van der Waals surface area contributed by atoms with Crippen LogP contribution in [-0.2, 0) is 38.4 Å². The Morgan fingerprint density at radius 1 is 0.424 bits per heavy atom. The molecule has 7 fully saturated rings. The fourth-order valence-corrected chi connectivity index (χ4v) is 23.0. The monoisotopic (exact) mass is 1820 g/mol. The molecular weight excluding hydrogens is 1620 g/mol. The molecule has 20 nitrogen and oxygen atoms in total. The molecule has 8 aliphatic heterocycles. The zero-order valence-electron chi connectivity index (χ0n) is 88.4. The minimum atomic E-state index is -3.14. The minimum absolute atomic E-state index is 0.0408. The molecule has 8 aliphatic rings. The molecule has 19 atom stereocenters. The number of carboxylic acids is 1. The number of hydrogen-bond acceptors (Lipinski definition) is 19. The molecule has 1 amide bonds. The SMILES string of the molecule is CC(C)C1CC(CN(C)C)CN1C(C)C.CC(C)C1CC(F)C(CS(C)(=O)=O)N1C(C)C.CC(C)C1CC(OCC(=O)N(C)C)CN1C(C)C.CC(C)C1CC(OCC(=O)O)CN1C(C)C.CC(C)C1CCC(CN(C)C)N1C(C)C.COCC1C(F)CC(C(C)C)N1C(C)C.COCC1C=CC(C(C)C)N1C(C)C.CSCC1C(F)CC(C(C)C)N1C(C)C. The van der Waals surface area contributed by atoms with E-state index in [1.54, 1.807) is 45.0 Å². The Morgan fingerprint density at radius 3 is 1.10 bits per heavy atom. The number of amides is 1. The number of carbonyl (C=O) groups is 2. The van der Waals surface area contributed by atoms with Gasteiger partial charge in [-0.05, 0) is 250 Å². The fourth-order valence-electron chi connectivity index (χ4n) is 21.3. The van der Waals surface area contributed by atoms with E-state index in [9.17, 15) is 31.2 Å². The van der Waals surface area contributed by atoms with Gasteiger partial charge >= 0.3 is 5.97 Å². The Balaban J connectivity index is 0.000000715. The Kier molecular flexibility index (Phi) is 57.4. The predicted molar refractivity (Wildman–Crippen MR) is 527 cm³/mol. The molecule has 0 aromatic heterocycles. The predicted octanol–water partition coefficient (Wildman–Crippen LogP) is 17.8. The molecule has 8 rings (SSSR count). The van der Waals surface area contributed by atoms with Gasteiger partial charge in [0.25, 0.3) is 0 Å². The van der Waals surface area contributed by atoms with E-state index in [-0.39, 0.29) is 61.2 Å². The largest absolute Gasteiger partial charge is 0.480 e. The van der Waals surface area contributed by atoms with E-state index >= 15 is 0 Å². The molecule has 125 heavy (non-hydrogen) atoms. The lowest BCUT2D eigenvalue weighted by Gasteiger charge is -2.36. The van der Waals surface area contributed by atoms with Crippen LogP contribution in [0.3, 0.4) is 0 Å². The van der Waals surface area contributed by atoms with Crippen molar-refractivity contribution in [3.63, 3.8) is 0 Å². The molecule has 0 aliphatic carbocycles. The zero-order chi connectivity index (χ0) is 96.6. The summed E-state index contributed by atoms with van der Waals surface area (Å²) >= 11 is 1.76. The lowest BCUT2D eigenvalue weighted by atomic mass is 9.97. The number of rotatable bonds is 34. The summed E-state index contributed by atoms with van der Waals surface area (Å²) in [4.78, 5) is 47.8. The number of halogens is 3. The highest BCUT2D eigenvalue weighted by molar-refractivity contribution is 7.98. The van der Waals surface area contributed by atoms with E-state index in [0.717, 1.165) is 80.6 Å². The van der Waals surface area contributed by atoms with Gasteiger partial charge in [-0.25, -0.2) is 26.4 Å². The van der Waals surface area contributed by atoms with Gasteiger partial charge in [-0.2, -0.15) is 11.8 Å². The highest BCUT2D eigenvalue weighted by Crippen LogP contribution is 2.39. The maximum atomic E-state index is 14.0. The van der Waals surface area contributed by atoms with Crippen molar-refractivity contribution < 1.29 is 55.2 Å². The van der Waals surface area contributed by atoms with E-state index in [1.165, 1.54) is 45.2 Å². The highest BCUT2D eigenvalue weighted by Gasteiger charge is 2.48. The van der Waals surface area contributed by atoms with E-state index < -0.39 is 40.4 Å². The summed E-state index contributed by atoms with van der Waals surface area (Å²) in [5.74, 6) is 5.75. The van der Waals surface area contributed by atoms with E-state index in [0.29, 0.717) is 133 Å². The minimum Gasteiger partial charge on any atom is -0.480 e. The molecule has 7 saturated heterocycles. The maximum absolute atomic E-state index is 14.0. The number of carbonyl (C=O) groups excluding carboxylic acids is 1. The van der Waals surface area contributed by atoms with Crippen LogP contribution in [-0.4, -0.2) is 377 Å². The van der Waals surface area contributed by atoms with Crippen LogP contribution in [0.15, 0.2) is 12.2 Å². The average molecular weight is 1820 g/mol. The first-order valence-corrected chi connectivity index (χ1v) is 52.6. The molecule has 8 heterocycles. The second kappa shape index (κ2) is 59.2. The molecule has 25 heteroatoms. The Bertz CT molecular complexity index is 2910. The van der Waals surface area contributed by atoms with Crippen LogP contribution in [0.5, 0.6) is 0 Å². The number of thioether (sulfide) groups is 1. The summed E-state index contributed by atoms with van der Waals surface area (Å²) in [5.41, 5.74) is 0. The molecular formula is C100H202F3N11O9S2. The van der Waals surface area contributed by atoms with E-state index in [2.05, 4.69) is 303 Å². The number of sulfone groups is 1. The van der Waals surface area contributed by atoms with Crippen molar-refractivity contribution >= 4 is 33.5 Å². The highest BCUT2D eigenvalue weighted by atomic mass is 32.2. The first-order valence-electron chi connectivity index (χ1n) is 49.1.